The molecule has 0 aliphatic rings. The van der Waals surface area contributed by atoms with E-state index in [0.717, 1.165) is 35.0 Å². The van der Waals surface area contributed by atoms with Gasteiger partial charge in [0.1, 0.15) is 5.75 Å². The number of thiazole rings is 1. The molecule has 0 aliphatic heterocycles. The maximum Gasteiger partial charge on any atom is 0.120 e. The molecule has 0 atom stereocenters. The number of aromatic nitrogens is 1. The Bertz CT molecular complexity index is 695. The number of hydrogen-bond acceptors (Lipinski definition) is 4. The monoisotopic (exact) mass is 284 g/mol. The molecule has 0 spiro atoms. The number of nitrogens with one attached hydrogen (secondary N) is 1. The SMILES string of the molecule is Oc1ccc2ccccc2c1CNCCc1cscn1. The van der Waals surface area contributed by atoms with E-state index >= 15 is 0 Å². The van der Waals surface area contributed by atoms with Crippen molar-refractivity contribution >= 4 is 22.1 Å². The zero-order chi connectivity index (χ0) is 13.8. The molecule has 102 valence electrons. The van der Waals surface area contributed by atoms with Gasteiger partial charge in [-0.25, -0.2) is 4.98 Å². The largest absolute Gasteiger partial charge is 0.508 e. The summed E-state index contributed by atoms with van der Waals surface area (Å²) in [5, 5.41) is 17.7. The van der Waals surface area contributed by atoms with Crippen LogP contribution in [-0.2, 0) is 13.0 Å². The molecule has 0 saturated heterocycles. The smallest absolute Gasteiger partial charge is 0.120 e. The number of hydrogen-bond donors (Lipinski definition) is 2. The average molecular weight is 284 g/mol. The molecule has 4 heteroatoms. The summed E-state index contributed by atoms with van der Waals surface area (Å²) in [6.07, 6.45) is 0.912. The van der Waals surface area contributed by atoms with Crippen molar-refractivity contribution in [3.05, 3.63) is 58.5 Å². The van der Waals surface area contributed by atoms with Crippen LogP contribution in [0.2, 0.25) is 0 Å². The standard InChI is InChI=1S/C16H16N2OS/c19-16-6-5-12-3-1-2-4-14(12)15(16)9-17-8-7-13-10-20-11-18-13/h1-6,10-11,17,19H,7-9H2. The van der Waals surface area contributed by atoms with Gasteiger partial charge in [-0.2, -0.15) is 0 Å². The third kappa shape index (κ3) is 2.81. The number of rotatable bonds is 5. The van der Waals surface area contributed by atoms with Gasteiger partial charge < -0.3 is 10.4 Å². The van der Waals surface area contributed by atoms with E-state index in [2.05, 4.69) is 21.7 Å². The third-order valence-electron chi connectivity index (χ3n) is 3.36. The highest BCUT2D eigenvalue weighted by Crippen LogP contribution is 2.26. The van der Waals surface area contributed by atoms with Gasteiger partial charge in [0.05, 0.1) is 11.2 Å². The fourth-order valence-corrected chi connectivity index (χ4v) is 2.89. The van der Waals surface area contributed by atoms with Crippen LogP contribution in [0.5, 0.6) is 5.75 Å². The van der Waals surface area contributed by atoms with Crippen LogP contribution in [0.15, 0.2) is 47.3 Å². The highest BCUT2D eigenvalue weighted by atomic mass is 32.1. The lowest BCUT2D eigenvalue weighted by atomic mass is 10.0. The summed E-state index contributed by atoms with van der Waals surface area (Å²) >= 11 is 1.62. The summed E-state index contributed by atoms with van der Waals surface area (Å²) in [5.74, 6) is 0.352. The third-order valence-corrected chi connectivity index (χ3v) is 3.99. The molecule has 0 amide bonds. The number of aromatic hydroxyl groups is 1. The summed E-state index contributed by atoms with van der Waals surface area (Å²) in [6.45, 7) is 1.52. The highest BCUT2D eigenvalue weighted by Gasteiger charge is 2.06. The molecule has 0 fully saturated rings. The van der Waals surface area contributed by atoms with E-state index in [1.165, 1.54) is 0 Å². The maximum absolute atomic E-state index is 10.0. The lowest BCUT2D eigenvalue weighted by Gasteiger charge is -2.10. The number of phenolic OH excluding ortho intramolecular Hbond substituents is 1. The van der Waals surface area contributed by atoms with E-state index in [1.807, 2.05) is 29.8 Å². The van der Waals surface area contributed by atoms with Gasteiger partial charge in [-0.15, -0.1) is 11.3 Å². The van der Waals surface area contributed by atoms with E-state index < -0.39 is 0 Å². The van der Waals surface area contributed by atoms with E-state index in [-0.39, 0.29) is 0 Å². The fraction of sp³-hybridized carbons (Fsp3) is 0.188. The quantitative estimate of drug-likeness (QED) is 0.706. The van der Waals surface area contributed by atoms with Crippen molar-refractivity contribution in [2.45, 2.75) is 13.0 Å². The minimum Gasteiger partial charge on any atom is -0.508 e. The molecule has 3 nitrogen and oxygen atoms in total. The van der Waals surface area contributed by atoms with Gasteiger partial charge in [-0.3, -0.25) is 0 Å². The molecule has 0 aliphatic carbocycles. The van der Waals surface area contributed by atoms with Crippen LogP contribution in [-0.4, -0.2) is 16.6 Å². The van der Waals surface area contributed by atoms with Crippen molar-refractivity contribution in [3.8, 4) is 5.75 Å². The average Bonchev–Trinajstić information content (AvgIpc) is 2.98. The number of nitrogens with zero attached hydrogens (tertiary/aromatic N) is 1. The van der Waals surface area contributed by atoms with Crippen LogP contribution in [0.4, 0.5) is 0 Å². The zero-order valence-corrected chi connectivity index (χ0v) is 11.9. The molecule has 0 unspecified atom stereocenters. The van der Waals surface area contributed by atoms with Crippen molar-refractivity contribution < 1.29 is 5.11 Å². The Balaban J connectivity index is 1.69. The van der Waals surface area contributed by atoms with Crippen molar-refractivity contribution in [1.29, 1.82) is 0 Å². The van der Waals surface area contributed by atoms with Gasteiger partial charge in [-0.05, 0) is 16.8 Å². The molecule has 0 radical (unpaired) electrons. The summed E-state index contributed by atoms with van der Waals surface area (Å²) in [6, 6.07) is 11.8. The predicted molar refractivity (Wildman–Crippen MR) is 83.1 cm³/mol. The molecule has 3 aromatic rings. The van der Waals surface area contributed by atoms with E-state index in [4.69, 9.17) is 0 Å². The second-order valence-electron chi connectivity index (χ2n) is 4.69. The molecule has 1 heterocycles. The zero-order valence-electron chi connectivity index (χ0n) is 11.0. The Hall–Kier alpha value is -1.91. The van der Waals surface area contributed by atoms with E-state index in [1.54, 1.807) is 17.4 Å². The lowest BCUT2D eigenvalue weighted by molar-refractivity contribution is 0.466. The summed E-state index contributed by atoms with van der Waals surface area (Å²) in [7, 11) is 0. The van der Waals surface area contributed by atoms with Crippen molar-refractivity contribution in [3.63, 3.8) is 0 Å². The molecule has 0 saturated carbocycles. The molecule has 0 bridgehead atoms. The van der Waals surface area contributed by atoms with Crippen LogP contribution in [0, 0.1) is 0 Å². The molecule has 2 N–H and O–H groups in total. The minimum atomic E-state index is 0.352. The number of fused-ring (bicyclic) bond motifs is 1. The molecule has 3 rings (SSSR count). The Morgan fingerprint density at radius 3 is 2.90 bits per heavy atom. The van der Waals surface area contributed by atoms with Gasteiger partial charge in [0.25, 0.3) is 0 Å². The van der Waals surface area contributed by atoms with Gasteiger partial charge in [0, 0.05) is 30.5 Å². The fourth-order valence-electron chi connectivity index (χ4n) is 2.30. The highest BCUT2D eigenvalue weighted by molar-refractivity contribution is 7.07. The minimum absolute atomic E-state index is 0.352. The second kappa shape index (κ2) is 6.03. The molecule has 2 aromatic carbocycles. The van der Waals surface area contributed by atoms with Gasteiger partial charge in [-0.1, -0.05) is 30.3 Å². The normalized spacial score (nSPS) is 11.0. The van der Waals surface area contributed by atoms with E-state index in [0.29, 0.717) is 12.3 Å². The first-order chi connectivity index (χ1) is 9.84. The van der Waals surface area contributed by atoms with Crippen LogP contribution in [0.3, 0.4) is 0 Å². The summed E-state index contributed by atoms with van der Waals surface area (Å²) in [5.41, 5.74) is 3.93. The lowest BCUT2D eigenvalue weighted by Crippen LogP contribution is -2.17. The molecule has 20 heavy (non-hydrogen) atoms. The van der Waals surface area contributed by atoms with Crippen LogP contribution >= 0.6 is 11.3 Å². The first-order valence-electron chi connectivity index (χ1n) is 6.62. The maximum atomic E-state index is 10.0. The topological polar surface area (TPSA) is 45.1 Å². The van der Waals surface area contributed by atoms with Crippen molar-refractivity contribution in [2.75, 3.05) is 6.54 Å². The van der Waals surface area contributed by atoms with Crippen LogP contribution < -0.4 is 5.32 Å². The predicted octanol–water partition coefficient (Wildman–Crippen LogP) is 3.33. The number of benzene rings is 2. The van der Waals surface area contributed by atoms with Gasteiger partial charge in [0.15, 0.2) is 0 Å². The van der Waals surface area contributed by atoms with Gasteiger partial charge >= 0.3 is 0 Å². The van der Waals surface area contributed by atoms with E-state index in [9.17, 15) is 5.11 Å². The first-order valence-corrected chi connectivity index (χ1v) is 7.56. The Labute approximate surface area is 121 Å². The van der Waals surface area contributed by atoms with Gasteiger partial charge in [0.2, 0.25) is 0 Å². The number of phenols is 1. The Kier molecular flexibility index (Phi) is 3.95. The van der Waals surface area contributed by atoms with Crippen molar-refractivity contribution in [2.24, 2.45) is 0 Å². The Morgan fingerprint density at radius 1 is 1.15 bits per heavy atom. The summed E-state index contributed by atoms with van der Waals surface area (Å²) in [4.78, 5) is 4.26. The molecule has 1 aromatic heterocycles. The second-order valence-corrected chi connectivity index (χ2v) is 5.41. The van der Waals surface area contributed by atoms with Crippen LogP contribution in [0.1, 0.15) is 11.3 Å². The molecular weight excluding hydrogens is 268 g/mol. The summed E-state index contributed by atoms with van der Waals surface area (Å²) < 4.78 is 0. The van der Waals surface area contributed by atoms with Crippen molar-refractivity contribution in [1.82, 2.24) is 10.3 Å². The Morgan fingerprint density at radius 2 is 2.05 bits per heavy atom. The van der Waals surface area contributed by atoms with Crippen LogP contribution in [0.25, 0.3) is 10.8 Å². The first kappa shape index (κ1) is 13.1. The molecular formula is C16H16N2OS.